The van der Waals surface area contributed by atoms with E-state index in [1.165, 1.54) is 26.2 Å². The third kappa shape index (κ3) is 11.2. The van der Waals surface area contributed by atoms with Crippen LogP contribution in [-0.2, 0) is 19.0 Å². The molecule has 20 heavy (non-hydrogen) atoms. The molecule has 0 bridgehead atoms. The van der Waals surface area contributed by atoms with Crippen molar-refractivity contribution >= 4 is 5.97 Å². The molecule has 0 aliphatic rings. The summed E-state index contributed by atoms with van der Waals surface area (Å²) >= 11 is 0. The van der Waals surface area contributed by atoms with E-state index in [9.17, 15) is 4.79 Å². The molecule has 0 N–H and O–H groups in total. The van der Waals surface area contributed by atoms with Crippen LogP contribution in [0.2, 0.25) is 0 Å². The Morgan fingerprint density at radius 2 is 1.60 bits per heavy atom. The fraction of sp³-hybridized carbons (Fsp3) is 0.938. The maximum absolute atomic E-state index is 10.7. The van der Waals surface area contributed by atoms with Crippen LogP contribution < -0.4 is 0 Å². The molecule has 0 aromatic heterocycles. The van der Waals surface area contributed by atoms with Gasteiger partial charge in [0.25, 0.3) is 0 Å². The van der Waals surface area contributed by atoms with Gasteiger partial charge in [0.05, 0.1) is 18.8 Å². The Balaban J connectivity index is 3.70. The number of hydrogen-bond acceptors (Lipinski definition) is 4. The minimum Gasteiger partial charge on any atom is -0.463 e. The van der Waals surface area contributed by atoms with Crippen molar-refractivity contribution in [3.63, 3.8) is 0 Å². The van der Waals surface area contributed by atoms with Gasteiger partial charge in [0.1, 0.15) is 6.61 Å². The molecule has 0 fully saturated rings. The van der Waals surface area contributed by atoms with Gasteiger partial charge in [0.15, 0.2) is 0 Å². The minimum atomic E-state index is -0.272. The smallest absolute Gasteiger partial charge is 0.302 e. The van der Waals surface area contributed by atoms with Crippen molar-refractivity contribution in [3.05, 3.63) is 0 Å². The number of carbonyl (C=O) groups excluding carboxylic acids is 1. The normalized spacial score (nSPS) is 15.7. The van der Waals surface area contributed by atoms with E-state index >= 15 is 0 Å². The van der Waals surface area contributed by atoms with Gasteiger partial charge < -0.3 is 14.2 Å². The molecular weight excluding hydrogens is 256 g/mol. The predicted octanol–water partition coefficient (Wildman–Crippen LogP) is 3.58. The topological polar surface area (TPSA) is 44.8 Å². The number of esters is 1. The molecule has 0 aromatic rings. The molecule has 0 saturated heterocycles. The first-order valence-corrected chi connectivity index (χ1v) is 7.86. The summed E-state index contributed by atoms with van der Waals surface area (Å²) in [6.07, 6.45) is 4.90. The van der Waals surface area contributed by atoms with Crippen LogP contribution in [0.25, 0.3) is 0 Å². The van der Waals surface area contributed by atoms with Gasteiger partial charge in [-0.1, -0.05) is 33.1 Å². The molecule has 0 aliphatic carbocycles. The number of carbonyl (C=O) groups is 1. The molecule has 0 spiro atoms. The van der Waals surface area contributed by atoms with Gasteiger partial charge in [-0.2, -0.15) is 0 Å². The third-order valence-electron chi connectivity index (χ3n) is 3.30. The Morgan fingerprint density at radius 1 is 1.00 bits per heavy atom. The molecule has 4 nitrogen and oxygen atoms in total. The molecular formula is C16H32O4. The number of hydrogen-bond donors (Lipinski definition) is 0. The summed E-state index contributed by atoms with van der Waals surface area (Å²) < 4.78 is 16.3. The molecule has 3 atom stereocenters. The summed E-state index contributed by atoms with van der Waals surface area (Å²) in [4.78, 5) is 10.7. The number of unbranched alkanes of at least 4 members (excludes halogenated alkanes) is 1. The monoisotopic (exact) mass is 288 g/mol. The van der Waals surface area contributed by atoms with E-state index in [1.54, 1.807) is 0 Å². The van der Waals surface area contributed by atoms with E-state index in [1.807, 2.05) is 13.8 Å². The van der Waals surface area contributed by atoms with Gasteiger partial charge in [-0.15, -0.1) is 0 Å². The lowest BCUT2D eigenvalue weighted by Crippen LogP contribution is -2.25. The van der Waals surface area contributed by atoms with Gasteiger partial charge in [-0.05, 0) is 26.2 Å². The third-order valence-corrected chi connectivity index (χ3v) is 3.30. The summed E-state index contributed by atoms with van der Waals surface area (Å²) in [6, 6.07) is 0. The lowest BCUT2D eigenvalue weighted by molar-refractivity contribution is -0.145. The Hall–Kier alpha value is -0.610. The zero-order valence-electron chi connectivity index (χ0n) is 13.8. The van der Waals surface area contributed by atoms with Gasteiger partial charge >= 0.3 is 5.97 Å². The fourth-order valence-electron chi connectivity index (χ4n) is 1.83. The van der Waals surface area contributed by atoms with Crippen molar-refractivity contribution in [3.8, 4) is 0 Å². The molecule has 4 heteroatoms. The number of rotatable bonds is 12. The number of ether oxygens (including phenoxy) is 3. The lowest BCUT2D eigenvalue weighted by Gasteiger charge is -2.20. The van der Waals surface area contributed by atoms with E-state index in [0.29, 0.717) is 19.1 Å². The maximum atomic E-state index is 10.7. The van der Waals surface area contributed by atoms with Crippen LogP contribution >= 0.6 is 0 Å². The van der Waals surface area contributed by atoms with E-state index in [-0.39, 0.29) is 18.2 Å². The van der Waals surface area contributed by atoms with Crippen molar-refractivity contribution in [2.45, 2.75) is 72.5 Å². The molecule has 0 saturated carbocycles. The van der Waals surface area contributed by atoms with Crippen LogP contribution in [0.15, 0.2) is 0 Å². The fourth-order valence-corrected chi connectivity index (χ4v) is 1.83. The second kappa shape index (κ2) is 12.2. The van der Waals surface area contributed by atoms with Crippen LogP contribution in [0.5, 0.6) is 0 Å². The quantitative estimate of drug-likeness (QED) is 0.515. The molecule has 0 radical (unpaired) electrons. The molecule has 0 rings (SSSR count). The highest BCUT2D eigenvalue weighted by molar-refractivity contribution is 5.65. The van der Waals surface area contributed by atoms with Crippen molar-refractivity contribution in [1.82, 2.24) is 0 Å². The summed E-state index contributed by atoms with van der Waals surface area (Å²) in [6.45, 7) is 11.4. The van der Waals surface area contributed by atoms with E-state index in [0.717, 1.165) is 13.0 Å². The SMILES string of the molecule is CCCCC(CC)COC(C)COC(C)COC(C)=O. The van der Waals surface area contributed by atoms with Crippen molar-refractivity contribution < 1.29 is 19.0 Å². The van der Waals surface area contributed by atoms with Gasteiger partial charge in [0.2, 0.25) is 0 Å². The Kier molecular flexibility index (Phi) is 11.8. The first-order valence-electron chi connectivity index (χ1n) is 7.86. The van der Waals surface area contributed by atoms with E-state index in [2.05, 4.69) is 13.8 Å². The zero-order valence-corrected chi connectivity index (χ0v) is 13.8. The average Bonchev–Trinajstić information content (AvgIpc) is 2.43. The maximum Gasteiger partial charge on any atom is 0.302 e. The Morgan fingerprint density at radius 3 is 2.15 bits per heavy atom. The first kappa shape index (κ1) is 19.4. The highest BCUT2D eigenvalue weighted by Crippen LogP contribution is 2.13. The molecule has 0 aliphatic heterocycles. The van der Waals surface area contributed by atoms with Crippen LogP contribution in [0, 0.1) is 5.92 Å². The highest BCUT2D eigenvalue weighted by Gasteiger charge is 2.11. The molecule has 0 amide bonds. The van der Waals surface area contributed by atoms with Gasteiger partial charge in [0, 0.05) is 13.5 Å². The van der Waals surface area contributed by atoms with Gasteiger partial charge in [-0.3, -0.25) is 4.79 Å². The lowest BCUT2D eigenvalue weighted by atomic mass is 10.0. The van der Waals surface area contributed by atoms with E-state index < -0.39 is 0 Å². The highest BCUT2D eigenvalue weighted by atomic mass is 16.6. The Bertz CT molecular complexity index is 243. The molecule has 3 unspecified atom stereocenters. The van der Waals surface area contributed by atoms with Crippen LogP contribution in [-0.4, -0.2) is 38.0 Å². The largest absolute Gasteiger partial charge is 0.463 e. The first-order chi connectivity index (χ1) is 9.49. The van der Waals surface area contributed by atoms with Crippen molar-refractivity contribution in [1.29, 1.82) is 0 Å². The second-order valence-electron chi connectivity index (χ2n) is 5.51. The minimum absolute atomic E-state index is 0.0745. The summed E-state index contributed by atoms with van der Waals surface area (Å²) in [5.41, 5.74) is 0. The van der Waals surface area contributed by atoms with Crippen LogP contribution in [0.3, 0.4) is 0 Å². The van der Waals surface area contributed by atoms with E-state index in [4.69, 9.17) is 14.2 Å². The summed E-state index contributed by atoms with van der Waals surface area (Å²) in [7, 11) is 0. The molecule has 0 heterocycles. The standard InChI is InChI=1S/C16H32O4/c1-6-8-9-16(7-2)12-19-13(3)10-18-14(4)11-20-15(5)17/h13-14,16H,6-12H2,1-5H3. The average molecular weight is 288 g/mol. The second-order valence-corrected chi connectivity index (χ2v) is 5.51. The van der Waals surface area contributed by atoms with Crippen molar-refractivity contribution in [2.75, 3.05) is 19.8 Å². The Labute approximate surface area is 124 Å². The molecule has 120 valence electrons. The van der Waals surface area contributed by atoms with Gasteiger partial charge in [-0.25, -0.2) is 0 Å². The molecule has 0 aromatic carbocycles. The van der Waals surface area contributed by atoms with Crippen molar-refractivity contribution in [2.24, 2.45) is 5.92 Å². The predicted molar refractivity (Wildman–Crippen MR) is 80.8 cm³/mol. The summed E-state index contributed by atoms with van der Waals surface area (Å²) in [5.74, 6) is 0.377. The zero-order chi connectivity index (χ0) is 15.4. The summed E-state index contributed by atoms with van der Waals surface area (Å²) in [5, 5.41) is 0. The van der Waals surface area contributed by atoms with Crippen LogP contribution in [0.1, 0.15) is 60.3 Å². The van der Waals surface area contributed by atoms with Crippen LogP contribution in [0.4, 0.5) is 0 Å².